The maximum atomic E-state index is 13.7. The van der Waals surface area contributed by atoms with E-state index in [0.29, 0.717) is 39.6 Å². The number of fused-ring (bicyclic) bond motifs is 2. The van der Waals surface area contributed by atoms with Crippen LogP contribution in [0, 0.1) is 5.82 Å². The van der Waals surface area contributed by atoms with Gasteiger partial charge >= 0.3 is 0 Å². The van der Waals surface area contributed by atoms with Gasteiger partial charge in [-0.2, -0.15) is 0 Å². The van der Waals surface area contributed by atoms with E-state index in [1.807, 2.05) is 19.1 Å². The van der Waals surface area contributed by atoms with E-state index in [-0.39, 0.29) is 43.8 Å². The first-order valence-corrected chi connectivity index (χ1v) is 13.7. The molecule has 2 aromatic carbocycles. The van der Waals surface area contributed by atoms with Crippen molar-refractivity contribution in [2.45, 2.75) is 49.9 Å². The van der Waals surface area contributed by atoms with Gasteiger partial charge in [-0.15, -0.1) is 0 Å². The lowest BCUT2D eigenvalue weighted by Crippen LogP contribution is -2.36. The van der Waals surface area contributed by atoms with Gasteiger partial charge in [0.05, 0.1) is 23.9 Å². The first-order chi connectivity index (χ1) is 19.7. The van der Waals surface area contributed by atoms with Crippen LogP contribution in [0.1, 0.15) is 54.2 Å². The number of aliphatic hydroxyl groups is 1. The molecular weight excluding hydrogens is 525 g/mol. The summed E-state index contributed by atoms with van der Waals surface area (Å²) in [5, 5.41) is 12.7. The number of halogens is 1. The number of hydrogen-bond donors (Lipinski definition) is 2. The lowest BCUT2D eigenvalue weighted by molar-refractivity contribution is -0.0452. The van der Waals surface area contributed by atoms with Gasteiger partial charge in [0, 0.05) is 41.8 Å². The number of nitrogens with zero attached hydrogens (tertiary/aromatic N) is 2. The molecule has 0 spiro atoms. The number of pyridine rings is 2. The lowest BCUT2D eigenvalue weighted by atomic mass is 9.87. The number of hydrogen-bond acceptors (Lipinski definition) is 8. The van der Waals surface area contributed by atoms with E-state index in [4.69, 9.17) is 24.9 Å². The van der Waals surface area contributed by atoms with Crippen molar-refractivity contribution in [1.29, 1.82) is 0 Å². The number of Topliss-reactive ketones (excluding diaryl/α,β-unsaturated/α-hetero) is 1. The molecule has 0 bridgehead atoms. The van der Waals surface area contributed by atoms with Crippen LogP contribution in [0.5, 0.6) is 11.5 Å². The number of aromatic nitrogens is 2. The molecule has 2 aromatic heterocycles. The topological polar surface area (TPSA) is 117 Å². The molecule has 4 aromatic rings. The maximum Gasteiger partial charge on any atom is 0.163 e. The minimum Gasteiger partial charge on any atom is -0.489 e. The highest BCUT2D eigenvalue weighted by Crippen LogP contribution is 2.44. The summed E-state index contributed by atoms with van der Waals surface area (Å²) in [6, 6.07) is 14.9. The van der Waals surface area contributed by atoms with Crippen LogP contribution in [-0.4, -0.2) is 47.3 Å². The van der Waals surface area contributed by atoms with Crippen molar-refractivity contribution in [1.82, 2.24) is 9.97 Å². The molecule has 0 unspecified atom stereocenters. The third-order valence-corrected chi connectivity index (χ3v) is 7.66. The highest BCUT2D eigenvalue weighted by Gasteiger charge is 2.40. The van der Waals surface area contributed by atoms with Crippen LogP contribution in [0.3, 0.4) is 0 Å². The van der Waals surface area contributed by atoms with Gasteiger partial charge in [-0.25, -0.2) is 9.37 Å². The largest absolute Gasteiger partial charge is 0.489 e. The molecular formula is C32H32FN3O5. The van der Waals surface area contributed by atoms with E-state index in [9.17, 15) is 14.3 Å². The monoisotopic (exact) mass is 557 g/mol. The number of carbonyl (C=O) groups is 1. The van der Waals surface area contributed by atoms with E-state index < -0.39 is 11.1 Å². The van der Waals surface area contributed by atoms with Gasteiger partial charge in [-0.3, -0.25) is 9.78 Å². The van der Waals surface area contributed by atoms with Gasteiger partial charge < -0.3 is 25.1 Å². The van der Waals surface area contributed by atoms with E-state index in [1.54, 1.807) is 36.5 Å². The lowest BCUT2D eigenvalue weighted by Gasteiger charge is -2.28. The van der Waals surface area contributed by atoms with E-state index >= 15 is 0 Å². The Balaban J connectivity index is 1.34. The van der Waals surface area contributed by atoms with Gasteiger partial charge in [0.1, 0.15) is 35.0 Å². The summed E-state index contributed by atoms with van der Waals surface area (Å²) >= 11 is 0. The molecule has 1 saturated carbocycles. The Labute approximate surface area is 237 Å². The Morgan fingerprint density at radius 3 is 2.73 bits per heavy atom. The molecule has 1 fully saturated rings. The average molecular weight is 558 g/mol. The summed E-state index contributed by atoms with van der Waals surface area (Å²) in [4.78, 5) is 22.7. The SMILES string of the molecule is COC[C@](O)(CCC(=O)c1cc(OC2CC2)c2ncccc2c1)c1cc2c(c(-c3ccc(F)cc3)n1)OC[C@]2(C)N. The molecule has 6 rings (SSSR count). The molecule has 0 amide bonds. The number of ketones is 1. The standard InChI is InChI=1S/C32H32FN3O5/c1-31(34)17-40-30-24(31)16-27(36-29(30)19-5-7-22(33)8-6-19)32(38,18-39-2)12-11-25(37)21-14-20-4-3-13-35-28(20)26(15-21)41-23-9-10-23/h3-8,13-16,23,38H,9-12,17-18,34H2,1-2H3/t31-,32+/m0/s1. The molecule has 0 saturated heterocycles. The minimum atomic E-state index is -1.61. The molecule has 212 valence electrons. The molecule has 41 heavy (non-hydrogen) atoms. The highest BCUT2D eigenvalue weighted by atomic mass is 19.1. The number of methoxy groups -OCH3 is 1. The van der Waals surface area contributed by atoms with Crippen LogP contribution < -0.4 is 15.2 Å². The molecule has 1 aliphatic carbocycles. The summed E-state index contributed by atoms with van der Waals surface area (Å²) < 4.78 is 31.1. The van der Waals surface area contributed by atoms with E-state index in [2.05, 4.69) is 4.98 Å². The zero-order chi connectivity index (χ0) is 28.8. The van der Waals surface area contributed by atoms with Crippen molar-refractivity contribution < 1.29 is 28.5 Å². The van der Waals surface area contributed by atoms with Crippen molar-refractivity contribution in [3.05, 3.63) is 83.4 Å². The first kappa shape index (κ1) is 27.3. The number of rotatable bonds is 10. The predicted octanol–water partition coefficient (Wildman–Crippen LogP) is 5.04. The second-order valence-corrected chi connectivity index (χ2v) is 11.2. The highest BCUT2D eigenvalue weighted by molar-refractivity contribution is 6.01. The molecule has 8 nitrogen and oxygen atoms in total. The summed E-state index contributed by atoms with van der Waals surface area (Å²) in [7, 11) is 1.48. The molecule has 9 heteroatoms. The number of ether oxygens (including phenoxy) is 3. The quantitative estimate of drug-likeness (QED) is 0.261. The van der Waals surface area contributed by atoms with Gasteiger partial charge in [-0.05, 0) is 74.7 Å². The van der Waals surface area contributed by atoms with Crippen molar-refractivity contribution in [3.8, 4) is 22.8 Å². The predicted molar refractivity (Wildman–Crippen MR) is 151 cm³/mol. The number of carbonyl (C=O) groups excluding carboxylic acids is 1. The van der Waals surface area contributed by atoms with Gasteiger partial charge in [0.25, 0.3) is 0 Å². The fourth-order valence-electron chi connectivity index (χ4n) is 5.20. The minimum absolute atomic E-state index is 0.0233. The summed E-state index contributed by atoms with van der Waals surface area (Å²) in [6.07, 6.45) is 3.88. The summed E-state index contributed by atoms with van der Waals surface area (Å²) in [5.74, 6) is 0.551. The Morgan fingerprint density at radius 2 is 2.00 bits per heavy atom. The molecule has 3 heterocycles. The average Bonchev–Trinajstić information content (AvgIpc) is 3.73. The van der Waals surface area contributed by atoms with Gasteiger partial charge in [-0.1, -0.05) is 6.07 Å². The molecule has 3 N–H and O–H groups in total. The van der Waals surface area contributed by atoms with Crippen molar-refractivity contribution in [2.24, 2.45) is 5.73 Å². The Kier molecular flexibility index (Phi) is 6.97. The maximum absolute atomic E-state index is 13.7. The molecule has 1 aliphatic heterocycles. The third-order valence-electron chi connectivity index (χ3n) is 7.66. The third kappa shape index (κ3) is 5.40. The van der Waals surface area contributed by atoms with E-state index in [1.165, 1.54) is 19.2 Å². The second kappa shape index (κ2) is 10.5. The Hall–Kier alpha value is -3.92. The summed E-state index contributed by atoms with van der Waals surface area (Å²) in [6.45, 7) is 1.96. The normalized spacial score (nSPS) is 19.4. The first-order valence-electron chi connectivity index (χ1n) is 13.7. The van der Waals surface area contributed by atoms with Crippen LogP contribution in [0.15, 0.2) is 60.8 Å². The molecule has 2 aliphatic rings. The zero-order valence-corrected chi connectivity index (χ0v) is 23.0. The zero-order valence-electron chi connectivity index (χ0n) is 23.0. The summed E-state index contributed by atoms with van der Waals surface area (Å²) in [5.41, 5.74) is 7.33. The van der Waals surface area contributed by atoms with Crippen LogP contribution >= 0.6 is 0 Å². The van der Waals surface area contributed by atoms with Crippen molar-refractivity contribution in [2.75, 3.05) is 20.3 Å². The van der Waals surface area contributed by atoms with Crippen LogP contribution in [-0.2, 0) is 15.9 Å². The fraction of sp³-hybridized carbons (Fsp3) is 0.344. The smallest absolute Gasteiger partial charge is 0.163 e. The molecule has 0 radical (unpaired) electrons. The van der Waals surface area contributed by atoms with Crippen molar-refractivity contribution >= 4 is 16.7 Å². The molecule has 2 atom stereocenters. The number of nitrogens with two attached hydrogens (primary N) is 1. The van der Waals surface area contributed by atoms with Gasteiger partial charge in [0.15, 0.2) is 11.5 Å². The van der Waals surface area contributed by atoms with Crippen LogP contribution in [0.25, 0.3) is 22.2 Å². The second-order valence-electron chi connectivity index (χ2n) is 11.2. The Morgan fingerprint density at radius 1 is 1.22 bits per heavy atom. The Bertz CT molecular complexity index is 1620. The van der Waals surface area contributed by atoms with Crippen LogP contribution in [0.2, 0.25) is 0 Å². The van der Waals surface area contributed by atoms with Crippen molar-refractivity contribution in [3.63, 3.8) is 0 Å². The van der Waals surface area contributed by atoms with E-state index in [0.717, 1.165) is 23.7 Å². The number of benzene rings is 2. The van der Waals surface area contributed by atoms with Crippen LogP contribution in [0.4, 0.5) is 4.39 Å². The van der Waals surface area contributed by atoms with Gasteiger partial charge in [0.2, 0.25) is 0 Å². The fourth-order valence-corrected chi connectivity index (χ4v) is 5.20.